The van der Waals surface area contributed by atoms with E-state index in [4.69, 9.17) is 76.0 Å². The Kier molecular flexibility index (Phi) is 6.45. The molecule has 1 heterocycles. The minimum Gasteiger partial charge on any atom is -0.392 e. The van der Waals surface area contributed by atoms with Crippen LogP contribution in [0.5, 0.6) is 0 Å². The molecule has 0 bridgehead atoms. The summed E-state index contributed by atoms with van der Waals surface area (Å²) in [6, 6.07) is 0. The van der Waals surface area contributed by atoms with E-state index in [-0.39, 0.29) is 0 Å². The number of hydrogen-bond acceptors (Lipinski definition) is 5. The Morgan fingerprint density at radius 3 is 0.600 bits per heavy atom. The first kappa shape index (κ1) is 20.4. The molecule has 1 rings (SSSR count). The van der Waals surface area contributed by atoms with Crippen molar-refractivity contribution < 1.29 is 20.6 Å². The predicted molar refractivity (Wildman–Crippen MR) is 92.8 cm³/mol. The Bertz CT molecular complexity index is 278. The summed E-state index contributed by atoms with van der Waals surface area (Å²) >= 11 is 31.3. The molecule has 1 aliphatic rings. The molecular formula is C5H15Cl5O5Si5. The van der Waals surface area contributed by atoms with E-state index in [1.165, 1.54) is 0 Å². The summed E-state index contributed by atoms with van der Waals surface area (Å²) in [5.74, 6) is 0. The highest BCUT2D eigenvalue weighted by atomic mass is 35.6. The maximum absolute atomic E-state index is 6.27. The van der Waals surface area contributed by atoms with Crippen molar-refractivity contribution in [3.63, 3.8) is 0 Å². The highest BCUT2D eigenvalue weighted by Crippen LogP contribution is 2.36. The first-order chi connectivity index (χ1) is 8.54. The van der Waals surface area contributed by atoms with Crippen LogP contribution < -0.4 is 0 Å². The summed E-state index contributed by atoms with van der Waals surface area (Å²) in [6.45, 7) is 7.94. The molecular weight excluding hydrogens is 458 g/mol. The standard InChI is InChI=1S/C5H15Cl5O5Si5/c1-16(6)11-17(2,7)13-19(4,9)15-20(5,10)14-18(3,8)12-16/h1-5H3. The second kappa shape index (κ2) is 6.33. The normalized spacial score (nSPS) is 55.5. The van der Waals surface area contributed by atoms with Crippen molar-refractivity contribution in [2.24, 2.45) is 0 Å². The lowest BCUT2D eigenvalue weighted by Crippen LogP contribution is -2.61. The van der Waals surface area contributed by atoms with Crippen LogP contribution in [0.15, 0.2) is 0 Å². The van der Waals surface area contributed by atoms with E-state index in [1.807, 2.05) is 0 Å². The average Bonchev–Trinajstić information content (AvgIpc) is 1.84. The van der Waals surface area contributed by atoms with Crippen molar-refractivity contribution in [3.05, 3.63) is 0 Å². The summed E-state index contributed by atoms with van der Waals surface area (Å²) in [4.78, 5) is 0. The molecule has 5 nitrogen and oxygen atoms in total. The van der Waals surface area contributed by atoms with Crippen LogP contribution in [0.4, 0.5) is 0 Å². The van der Waals surface area contributed by atoms with Gasteiger partial charge in [-0.25, -0.2) is 0 Å². The van der Waals surface area contributed by atoms with Gasteiger partial charge in [0.2, 0.25) is 0 Å². The maximum atomic E-state index is 6.27. The highest BCUT2D eigenvalue weighted by molar-refractivity contribution is 7.32. The molecule has 1 aliphatic heterocycles. The highest BCUT2D eigenvalue weighted by Gasteiger charge is 2.56. The molecule has 0 N–H and O–H groups in total. The van der Waals surface area contributed by atoms with E-state index in [2.05, 4.69) is 0 Å². The Morgan fingerprint density at radius 1 is 0.400 bits per heavy atom. The van der Waals surface area contributed by atoms with Crippen LogP contribution in [0.2, 0.25) is 32.7 Å². The largest absolute Gasteiger partial charge is 0.423 e. The monoisotopic (exact) mass is 470 g/mol. The van der Waals surface area contributed by atoms with Crippen LogP contribution in [-0.4, -0.2) is 39.4 Å². The van der Waals surface area contributed by atoms with Gasteiger partial charge in [-0.15, -0.1) is 55.4 Å². The predicted octanol–water partition coefficient (Wildman–Crippen LogP) is 4.12. The van der Waals surface area contributed by atoms with Gasteiger partial charge in [-0.1, -0.05) is 0 Å². The fraction of sp³-hybridized carbons (Fsp3) is 1.00. The van der Waals surface area contributed by atoms with Crippen LogP contribution in [-0.2, 0) is 20.6 Å². The van der Waals surface area contributed by atoms with Crippen LogP contribution in [0.25, 0.3) is 0 Å². The van der Waals surface area contributed by atoms with Crippen molar-refractivity contribution in [1.82, 2.24) is 0 Å². The molecule has 0 atom stereocenters. The molecule has 0 radical (unpaired) electrons. The topological polar surface area (TPSA) is 46.2 Å². The van der Waals surface area contributed by atoms with Crippen LogP contribution in [0.3, 0.4) is 0 Å². The Balaban J connectivity index is 3.15. The van der Waals surface area contributed by atoms with E-state index in [0.29, 0.717) is 0 Å². The molecule has 120 valence electrons. The van der Waals surface area contributed by atoms with Gasteiger partial charge in [0.25, 0.3) is 0 Å². The van der Waals surface area contributed by atoms with E-state index >= 15 is 0 Å². The van der Waals surface area contributed by atoms with E-state index in [0.717, 1.165) is 0 Å². The summed E-state index contributed by atoms with van der Waals surface area (Å²) in [5.41, 5.74) is 0. The van der Waals surface area contributed by atoms with Gasteiger partial charge in [-0.3, -0.25) is 0 Å². The van der Waals surface area contributed by atoms with Crippen molar-refractivity contribution >= 4 is 94.7 Å². The van der Waals surface area contributed by atoms with Crippen LogP contribution >= 0.6 is 55.4 Å². The zero-order valence-corrected chi connectivity index (χ0v) is 20.2. The molecule has 15 heteroatoms. The van der Waals surface area contributed by atoms with E-state index in [9.17, 15) is 0 Å². The van der Waals surface area contributed by atoms with Gasteiger partial charge in [-0.2, -0.15) is 0 Å². The van der Waals surface area contributed by atoms with Gasteiger partial charge in [0.15, 0.2) is 0 Å². The molecule has 0 unspecified atom stereocenters. The van der Waals surface area contributed by atoms with Gasteiger partial charge in [0.1, 0.15) is 0 Å². The molecule has 20 heavy (non-hydrogen) atoms. The summed E-state index contributed by atoms with van der Waals surface area (Å²) < 4.78 is 28.1. The summed E-state index contributed by atoms with van der Waals surface area (Å²) in [7, 11) is -15.9. The lowest BCUT2D eigenvalue weighted by molar-refractivity contribution is 0.271. The molecule has 0 aromatic carbocycles. The Labute approximate surface area is 147 Å². The SMILES string of the molecule is C[Si]1(Cl)O[Si](C)(Cl)O[Si](C)(Cl)O[Si](C)(Cl)O[Si](C)(Cl)O1. The third-order valence-electron chi connectivity index (χ3n) is 1.82. The fourth-order valence-corrected chi connectivity index (χ4v) is 32.5. The quantitative estimate of drug-likeness (QED) is 0.392. The van der Waals surface area contributed by atoms with Crippen LogP contribution in [0, 0.1) is 0 Å². The summed E-state index contributed by atoms with van der Waals surface area (Å²) in [5, 5.41) is 0. The molecule has 0 saturated carbocycles. The zero-order chi connectivity index (χ0) is 16.0. The van der Waals surface area contributed by atoms with Gasteiger partial charge >= 0.3 is 39.4 Å². The van der Waals surface area contributed by atoms with Gasteiger partial charge in [0.05, 0.1) is 0 Å². The van der Waals surface area contributed by atoms with Crippen LogP contribution in [0.1, 0.15) is 0 Å². The third-order valence-corrected chi connectivity index (χ3v) is 23.4. The minimum absolute atomic E-state index is 1.59. The molecule has 1 fully saturated rings. The lowest BCUT2D eigenvalue weighted by atomic mass is 11.9. The second-order valence-electron chi connectivity index (χ2n) is 4.68. The van der Waals surface area contributed by atoms with Crippen molar-refractivity contribution in [2.45, 2.75) is 32.7 Å². The molecule has 1 saturated heterocycles. The number of hydrogen-bond donors (Lipinski definition) is 0. The van der Waals surface area contributed by atoms with Gasteiger partial charge in [-0.05, 0) is 32.7 Å². The fourth-order valence-electron chi connectivity index (χ4n) is 1.73. The average molecular weight is 473 g/mol. The molecule has 0 spiro atoms. The van der Waals surface area contributed by atoms with Crippen molar-refractivity contribution in [2.75, 3.05) is 0 Å². The first-order valence-corrected chi connectivity index (χ1v) is 22.1. The molecule has 0 aromatic rings. The lowest BCUT2D eigenvalue weighted by Gasteiger charge is -2.41. The first-order valence-electron chi connectivity index (χ1n) is 5.49. The summed E-state index contributed by atoms with van der Waals surface area (Å²) in [6.07, 6.45) is 0. The number of halogens is 5. The van der Waals surface area contributed by atoms with Crippen molar-refractivity contribution in [3.8, 4) is 0 Å². The van der Waals surface area contributed by atoms with E-state index in [1.54, 1.807) is 32.7 Å². The van der Waals surface area contributed by atoms with E-state index < -0.39 is 39.4 Å². The number of rotatable bonds is 0. The third kappa shape index (κ3) is 7.27. The Morgan fingerprint density at radius 2 is 0.500 bits per heavy atom. The molecule has 0 amide bonds. The zero-order valence-electron chi connectivity index (χ0n) is 11.4. The molecule has 0 aromatic heterocycles. The second-order valence-corrected chi connectivity index (χ2v) is 27.4. The van der Waals surface area contributed by atoms with Gasteiger partial charge in [0, 0.05) is 0 Å². The smallest absolute Gasteiger partial charge is 0.392 e. The molecule has 0 aliphatic carbocycles. The van der Waals surface area contributed by atoms with Crippen molar-refractivity contribution in [1.29, 1.82) is 0 Å². The minimum atomic E-state index is -3.17. The van der Waals surface area contributed by atoms with Gasteiger partial charge < -0.3 is 20.6 Å². The maximum Gasteiger partial charge on any atom is 0.423 e. The Hall–Kier alpha value is 2.33.